The maximum Gasteiger partial charge on any atom is 0.314 e. The van der Waals surface area contributed by atoms with Crippen LogP contribution in [-0.2, 0) is 9.59 Å². The zero-order valence-corrected chi connectivity index (χ0v) is 11.5. The summed E-state index contributed by atoms with van der Waals surface area (Å²) in [6.45, 7) is 0. The van der Waals surface area contributed by atoms with Gasteiger partial charge in [0, 0.05) is 17.6 Å². The summed E-state index contributed by atoms with van der Waals surface area (Å²) in [5.41, 5.74) is 0. The Balaban J connectivity index is 1.80. The van der Waals surface area contributed by atoms with Crippen molar-refractivity contribution in [3.63, 3.8) is 0 Å². The standard InChI is InChI=1S/C12H18N4O2S/c17-11(12(18)15-10-8-13-16-19-10)14-9-6-4-2-1-3-5-7-9/h8-9H,1-7H2,(H,14,17)(H,15,18). The number of anilines is 1. The molecule has 2 amide bonds. The summed E-state index contributed by atoms with van der Waals surface area (Å²) < 4.78 is 3.62. The molecule has 19 heavy (non-hydrogen) atoms. The van der Waals surface area contributed by atoms with Crippen LogP contribution >= 0.6 is 11.5 Å². The molecule has 0 aromatic carbocycles. The molecule has 104 valence electrons. The van der Waals surface area contributed by atoms with Gasteiger partial charge in [-0.15, -0.1) is 5.10 Å². The number of hydrogen-bond acceptors (Lipinski definition) is 5. The van der Waals surface area contributed by atoms with Crippen molar-refractivity contribution in [2.24, 2.45) is 0 Å². The second-order valence-corrected chi connectivity index (χ2v) is 5.54. The number of aromatic nitrogens is 2. The third kappa shape index (κ3) is 4.59. The lowest BCUT2D eigenvalue weighted by Gasteiger charge is -2.20. The Hall–Kier alpha value is -1.50. The first-order chi connectivity index (χ1) is 9.25. The van der Waals surface area contributed by atoms with Crippen LogP contribution in [0.4, 0.5) is 5.00 Å². The number of amides is 2. The van der Waals surface area contributed by atoms with E-state index >= 15 is 0 Å². The molecule has 1 aliphatic carbocycles. The zero-order chi connectivity index (χ0) is 13.5. The molecule has 1 heterocycles. The van der Waals surface area contributed by atoms with E-state index in [1.807, 2.05) is 0 Å². The van der Waals surface area contributed by atoms with E-state index in [2.05, 4.69) is 20.2 Å². The Morgan fingerprint density at radius 3 is 2.42 bits per heavy atom. The lowest BCUT2D eigenvalue weighted by Crippen LogP contribution is -2.42. The highest BCUT2D eigenvalue weighted by Gasteiger charge is 2.19. The number of nitrogens with zero attached hydrogens (tertiary/aromatic N) is 2. The Kier molecular flexibility index (Phi) is 5.26. The number of hydrogen-bond donors (Lipinski definition) is 2. The summed E-state index contributed by atoms with van der Waals surface area (Å²) in [6, 6.07) is 0.123. The van der Waals surface area contributed by atoms with Gasteiger partial charge in [0.25, 0.3) is 0 Å². The SMILES string of the molecule is O=C(Nc1cnns1)C(=O)NC1CCCCCCC1. The average molecular weight is 282 g/mol. The first-order valence-corrected chi connectivity index (χ1v) is 7.42. The molecule has 1 saturated carbocycles. The highest BCUT2D eigenvalue weighted by atomic mass is 32.1. The quantitative estimate of drug-likeness (QED) is 0.809. The van der Waals surface area contributed by atoms with Crippen molar-refractivity contribution in [2.75, 3.05) is 5.32 Å². The second-order valence-electron chi connectivity index (χ2n) is 4.75. The van der Waals surface area contributed by atoms with E-state index in [-0.39, 0.29) is 6.04 Å². The van der Waals surface area contributed by atoms with Crippen LogP contribution in [0.1, 0.15) is 44.9 Å². The predicted molar refractivity (Wildman–Crippen MR) is 72.8 cm³/mol. The fourth-order valence-corrected chi connectivity index (χ4v) is 2.66. The maximum absolute atomic E-state index is 11.8. The largest absolute Gasteiger partial charge is 0.345 e. The molecular weight excluding hydrogens is 264 g/mol. The van der Waals surface area contributed by atoms with Crippen molar-refractivity contribution in [1.29, 1.82) is 0 Å². The van der Waals surface area contributed by atoms with Crippen molar-refractivity contribution in [3.05, 3.63) is 6.20 Å². The molecule has 1 aromatic heterocycles. The van der Waals surface area contributed by atoms with E-state index in [0.717, 1.165) is 37.2 Å². The Morgan fingerprint density at radius 1 is 1.11 bits per heavy atom. The smallest absolute Gasteiger partial charge is 0.314 e. The summed E-state index contributed by atoms with van der Waals surface area (Å²) in [7, 11) is 0. The fourth-order valence-electron chi connectivity index (χ4n) is 2.24. The molecule has 0 unspecified atom stereocenters. The highest BCUT2D eigenvalue weighted by Crippen LogP contribution is 2.17. The van der Waals surface area contributed by atoms with Gasteiger partial charge in [0.05, 0.1) is 6.20 Å². The molecule has 0 saturated heterocycles. The predicted octanol–water partition coefficient (Wildman–Crippen LogP) is 1.71. The van der Waals surface area contributed by atoms with Gasteiger partial charge >= 0.3 is 11.8 Å². The highest BCUT2D eigenvalue weighted by molar-refractivity contribution is 7.10. The average Bonchev–Trinajstić information content (AvgIpc) is 2.85. The van der Waals surface area contributed by atoms with Crippen LogP contribution in [0.5, 0.6) is 0 Å². The molecule has 0 atom stereocenters. The second kappa shape index (κ2) is 7.18. The van der Waals surface area contributed by atoms with Gasteiger partial charge in [-0.05, 0) is 12.8 Å². The van der Waals surface area contributed by atoms with E-state index in [9.17, 15) is 9.59 Å². The normalized spacial score (nSPS) is 17.3. The van der Waals surface area contributed by atoms with Gasteiger partial charge < -0.3 is 10.6 Å². The summed E-state index contributed by atoms with van der Waals surface area (Å²) in [6.07, 6.45) is 9.28. The first-order valence-electron chi connectivity index (χ1n) is 6.65. The molecule has 0 spiro atoms. The minimum Gasteiger partial charge on any atom is -0.345 e. The lowest BCUT2D eigenvalue weighted by atomic mass is 9.97. The fraction of sp³-hybridized carbons (Fsp3) is 0.667. The molecule has 2 rings (SSSR count). The summed E-state index contributed by atoms with van der Waals surface area (Å²) in [4.78, 5) is 23.4. The first kappa shape index (κ1) is 13.9. The van der Waals surface area contributed by atoms with Crippen LogP contribution in [0.25, 0.3) is 0 Å². The number of nitrogens with one attached hydrogen (secondary N) is 2. The Morgan fingerprint density at radius 2 is 1.79 bits per heavy atom. The van der Waals surface area contributed by atoms with Crippen LogP contribution in [0.2, 0.25) is 0 Å². The molecule has 1 aromatic rings. The van der Waals surface area contributed by atoms with Gasteiger partial charge in [-0.2, -0.15) is 0 Å². The van der Waals surface area contributed by atoms with Crippen LogP contribution in [0, 0.1) is 0 Å². The summed E-state index contributed by atoms with van der Waals surface area (Å²) >= 11 is 1.05. The molecule has 0 bridgehead atoms. The Bertz CT molecular complexity index is 413. The molecule has 2 N–H and O–H groups in total. The topological polar surface area (TPSA) is 84.0 Å². The van der Waals surface area contributed by atoms with E-state index in [4.69, 9.17) is 0 Å². The molecular formula is C12H18N4O2S. The lowest BCUT2D eigenvalue weighted by molar-refractivity contribution is -0.136. The van der Waals surface area contributed by atoms with Gasteiger partial charge in [-0.3, -0.25) is 9.59 Å². The minimum atomic E-state index is -0.645. The van der Waals surface area contributed by atoms with Gasteiger partial charge in [0.1, 0.15) is 5.00 Å². The number of carbonyl (C=O) groups excluding carboxylic acids is 2. The molecule has 6 nitrogen and oxygen atoms in total. The van der Waals surface area contributed by atoms with Gasteiger partial charge in [-0.25, -0.2) is 0 Å². The van der Waals surface area contributed by atoms with Crippen molar-refractivity contribution in [2.45, 2.75) is 51.0 Å². The van der Waals surface area contributed by atoms with Crippen LogP contribution in [0.15, 0.2) is 6.20 Å². The molecule has 7 heteroatoms. The van der Waals surface area contributed by atoms with Crippen LogP contribution in [-0.4, -0.2) is 27.4 Å². The third-order valence-corrected chi connectivity index (χ3v) is 3.82. The van der Waals surface area contributed by atoms with E-state index < -0.39 is 11.8 Å². The van der Waals surface area contributed by atoms with Gasteiger partial charge in [0.15, 0.2) is 0 Å². The van der Waals surface area contributed by atoms with Crippen LogP contribution < -0.4 is 10.6 Å². The number of rotatable bonds is 2. The third-order valence-electron chi connectivity index (χ3n) is 3.24. The molecule has 0 aliphatic heterocycles. The maximum atomic E-state index is 11.8. The monoisotopic (exact) mass is 282 g/mol. The summed E-state index contributed by atoms with van der Waals surface area (Å²) in [5.74, 6) is -1.22. The Labute approximate surface area is 116 Å². The van der Waals surface area contributed by atoms with E-state index in [0.29, 0.717) is 5.00 Å². The molecule has 1 aliphatic rings. The molecule has 0 radical (unpaired) electrons. The van der Waals surface area contributed by atoms with Crippen molar-refractivity contribution >= 4 is 28.3 Å². The van der Waals surface area contributed by atoms with Crippen LogP contribution in [0.3, 0.4) is 0 Å². The van der Waals surface area contributed by atoms with Crippen molar-refractivity contribution < 1.29 is 9.59 Å². The van der Waals surface area contributed by atoms with Crippen molar-refractivity contribution in [3.8, 4) is 0 Å². The van der Waals surface area contributed by atoms with E-state index in [1.54, 1.807) is 0 Å². The minimum absolute atomic E-state index is 0.123. The molecule has 1 fully saturated rings. The van der Waals surface area contributed by atoms with E-state index in [1.165, 1.54) is 25.5 Å². The zero-order valence-electron chi connectivity index (χ0n) is 10.7. The number of carbonyl (C=O) groups is 2. The van der Waals surface area contributed by atoms with Gasteiger partial charge in [-0.1, -0.05) is 36.6 Å². The van der Waals surface area contributed by atoms with Gasteiger partial charge in [0.2, 0.25) is 0 Å². The summed E-state index contributed by atoms with van der Waals surface area (Å²) in [5, 5.41) is 9.37. The van der Waals surface area contributed by atoms with Crippen molar-refractivity contribution in [1.82, 2.24) is 14.9 Å².